The summed E-state index contributed by atoms with van der Waals surface area (Å²) >= 11 is 0. The Morgan fingerprint density at radius 1 is 1.08 bits per heavy atom. The van der Waals surface area contributed by atoms with Gasteiger partial charge in [-0.25, -0.2) is 0 Å². The van der Waals surface area contributed by atoms with E-state index in [1.807, 2.05) is 48.5 Å². The van der Waals surface area contributed by atoms with E-state index in [2.05, 4.69) is 10.6 Å². The Morgan fingerprint density at radius 2 is 1.77 bits per heavy atom. The summed E-state index contributed by atoms with van der Waals surface area (Å²) in [5.74, 6) is 1.44. The Labute approximate surface area is 153 Å². The molecule has 0 saturated carbocycles. The Hall–Kier alpha value is -2.73. The molecule has 1 amide bonds. The largest absolute Gasteiger partial charge is 0.497 e. The van der Waals surface area contributed by atoms with Crippen molar-refractivity contribution in [3.63, 3.8) is 0 Å². The van der Waals surface area contributed by atoms with Gasteiger partial charge in [0, 0.05) is 18.0 Å². The number of ether oxygens (including phenoxy) is 3. The Morgan fingerprint density at radius 3 is 2.42 bits per heavy atom. The fourth-order valence-corrected chi connectivity index (χ4v) is 2.70. The van der Waals surface area contributed by atoms with E-state index in [-0.39, 0.29) is 18.6 Å². The molecule has 6 nitrogen and oxygen atoms in total. The van der Waals surface area contributed by atoms with Gasteiger partial charge in [-0.1, -0.05) is 0 Å². The van der Waals surface area contributed by atoms with Crippen LogP contribution < -0.4 is 20.1 Å². The molecule has 0 spiro atoms. The molecule has 6 heteroatoms. The number of hydrogen-bond donors (Lipinski definition) is 2. The lowest BCUT2D eigenvalue weighted by atomic mass is 10.2. The van der Waals surface area contributed by atoms with Gasteiger partial charge in [0.15, 0.2) is 0 Å². The van der Waals surface area contributed by atoms with E-state index in [0.717, 1.165) is 42.3 Å². The normalized spacial score (nSPS) is 16.1. The predicted molar refractivity (Wildman–Crippen MR) is 101 cm³/mol. The average molecular weight is 356 g/mol. The monoisotopic (exact) mass is 356 g/mol. The van der Waals surface area contributed by atoms with Crippen molar-refractivity contribution in [1.29, 1.82) is 0 Å². The maximum Gasteiger partial charge on any atom is 0.243 e. The summed E-state index contributed by atoms with van der Waals surface area (Å²) < 4.78 is 16.4. The van der Waals surface area contributed by atoms with E-state index in [9.17, 15) is 4.79 Å². The zero-order chi connectivity index (χ0) is 18.2. The first kappa shape index (κ1) is 18.1. The van der Waals surface area contributed by atoms with Crippen LogP contribution in [0.1, 0.15) is 12.8 Å². The van der Waals surface area contributed by atoms with Crippen LogP contribution in [0.4, 0.5) is 11.4 Å². The number of anilines is 2. The smallest absolute Gasteiger partial charge is 0.243 e. The van der Waals surface area contributed by atoms with E-state index >= 15 is 0 Å². The van der Waals surface area contributed by atoms with Gasteiger partial charge in [0.05, 0.1) is 19.8 Å². The first-order chi connectivity index (χ1) is 12.7. The van der Waals surface area contributed by atoms with Crippen molar-refractivity contribution in [2.75, 3.05) is 37.5 Å². The van der Waals surface area contributed by atoms with Crippen LogP contribution >= 0.6 is 0 Å². The number of amides is 1. The summed E-state index contributed by atoms with van der Waals surface area (Å²) in [7, 11) is 1.62. The quantitative estimate of drug-likeness (QED) is 0.759. The second-order valence-electron chi connectivity index (χ2n) is 6.10. The van der Waals surface area contributed by atoms with Crippen molar-refractivity contribution in [3.8, 4) is 11.5 Å². The fraction of sp³-hybridized carbons (Fsp3) is 0.350. The van der Waals surface area contributed by atoms with Crippen molar-refractivity contribution in [3.05, 3.63) is 48.5 Å². The van der Waals surface area contributed by atoms with E-state index < -0.39 is 0 Å². The molecule has 1 atom stereocenters. The highest BCUT2D eigenvalue weighted by molar-refractivity contribution is 5.93. The van der Waals surface area contributed by atoms with Crippen LogP contribution in [0.5, 0.6) is 11.5 Å². The SMILES string of the molecule is COc1ccc(NCC(=O)Nc2ccc(OCC3CCCO3)cc2)cc1. The lowest BCUT2D eigenvalue weighted by Gasteiger charge is -2.12. The average Bonchev–Trinajstić information content (AvgIpc) is 3.20. The van der Waals surface area contributed by atoms with E-state index in [4.69, 9.17) is 14.2 Å². The molecule has 138 valence electrons. The van der Waals surface area contributed by atoms with Gasteiger partial charge < -0.3 is 24.8 Å². The van der Waals surface area contributed by atoms with Crippen molar-refractivity contribution in [2.24, 2.45) is 0 Å². The zero-order valence-corrected chi connectivity index (χ0v) is 14.9. The van der Waals surface area contributed by atoms with Crippen LogP contribution in [0.3, 0.4) is 0 Å². The molecule has 2 aromatic carbocycles. The van der Waals surface area contributed by atoms with E-state index in [1.165, 1.54) is 0 Å². The van der Waals surface area contributed by atoms with Gasteiger partial charge >= 0.3 is 0 Å². The molecule has 1 aliphatic rings. The number of rotatable bonds is 8. The van der Waals surface area contributed by atoms with Gasteiger partial charge in [0.1, 0.15) is 18.1 Å². The van der Waals surface area contributed by atoms with Crippen LogP contribution in [0.15, 0.2) is 48.5 Å². The van der Waals surface area contributed by atoms with Crippen LogP contribution in [0.2, 0.25) is 0 Å². The highest BCUT2D eigenvalue weighted by Gasteiger charge is 2.15. The zero-order valence-electron chi connectivity index (χ0n) is 14.9. The van der Waals surface area contributed by atoms with Gasteiger partial charge in [0.25, 0.3) is 0 Å². The van der Waals surface area contributed by atoms with Crippen molar-refractivity contribution in [2.45, 2.75) is 18.9 Å². The van der Waals surface area contributed by atoms with Crippen LogP contribution in [-0.2, 0) is 9.53 Å². The lowest BCUT2D eigenvalue weighted by molar-refractivity contribution is -0.114. The van der Waals surface area contributed by atoms with Gasteiger partial charge in [-0.15, -0.1) is 0 Å². The molecule has 1 fully saturated rings. The fourth-order valence-electron chi connectivity index (χ4n) is 2.70. The maximum atomic E-state index is 12.0. The standard InChI is InChI=1S/C20H24N2O4/c1-24-17-8-4-15(5-9-17)21-13-20(23)22-16-6-10-18(11-7-16)26-14-19-3-2-12-25-19/h4-11,19,21H,2-3,12-14H2,1H3,(H,22,23). The third-order valence-corrected chi connectivity index (χ3v) is 4.14. The Balaban J connectivity index is 1.41. The molecule has 1 saturated heterocycles. The number of nitrogens with one attached hydrogen (secondary N) is 2. The molecule has 2 N–H and O–H groups in total. The van der Waals surface area contributed by atoms with Gasteiger partial charge in [-0.3, -0.25) is 4.79 Å². The van der Waals surface area contributed by atoms with Crippen molar-refractivity contribution >= 4 is 17.3 Å². The van der Waals surface area contributed by atoms with Crippen LogP contribution in [-0.4, -0.2) is 38.9 Å². The predicted octanol–water partition coefficient (Wildman–Crippen LogP) is 3.30. The number of carbonyl (C=O) groups is 1. The highest BCUT2D eigenvalue weighted by atomic mass is 16.5. The molecule has 1 aliphatic heterocycles. The van der Waals surface area contributed by atoms with Gasteiger partial charge in [-0.2, -0.15) is 0 Å². The van der Waals surface area contributed by atoms with Crippen LogP contribution in [0.25, 0.3) is 0 Å². The van der Waals surface area contributed by atoms with Gasteiger partial charge in [0.2, 0.25) is 5.91 Å². The maximum absolute atomic E-state index is 12.0. The van der Waals surface area contributed by atoms with Crippen LogP contribution in [0, 0.1) is 0 Å². The van der Waals surface area contributed by atoms with Gasteiger partial charge in [-0.05, 0) is 61.4 Å². The molecule has 26 heavy (non-hydrogen) atoms. The van der Waals surface area contributed by atoms with Crippen molar-refractivity contribution in [1.82, 2.24) is 0 Å². The first-order valence-electron chi connectivity index (χ1n) is 8.75. The van der Waals surface area contributed by atoms with Crippen molar-refractivity contribution < 1.29 is 19.0 Å². The number of benzene rings is 2. The number of carbonyl (C=O) groups excluding carboxylic acids is 1. The molecule has 1 heterocycles. The number of methoxy groups -OCH3 is 1. The lowest BCUT2D eigenvalue weighted by Crippen LogP contribution is -2.21. The second kappa shape index (κ2) is 9.10. The second-order valence-corrected chi connectivity index (χ2v) is 6.10. The minimum absolute atomic E-state index is 0.117. The van der Waals surface area contributed by atoms with E-state index in [0.29, 0.717) is 6.61 Å². The Kier molecular flexibility index (Phi) is 6.33. The molecule has 0 aromatic heterocycles. The summed E-state index contributed by atoms with van der Waals surface area (Å²) in [6.07, 6.45) is 2.34. The summed E-state index contributed by atoms with van der Waals surface area (Å²) in [6.45, 7) is 1.57. The molecule has 0 bridgehead atoms. The highest BCUT2D eigenvalue weighted by Crippen LogP contribution is 2.19. The first-order valence-corrected chi connectivity index (χ1v) is 8.75. The molecule has 1 unspecified atom stereocenters. The summed E-state index contributed by atoms with van der Waals surface area (Å²) in [4.78, 5) is 12.0. The molecular formula is C20H24N2O4. The molecular weight excluding hydrogens is 332 g/mol. The third kappa shape index (κ3) is 5.39. The summed E-state index contributed by atoms with van der Waals surface area (Å²) in [5.41, 5.74) is 1.59. The Bertz CT molecular complexity index is 695. The van der Waals surface area contributed by atoms with E-state index in [1.54, 1.807) is 7.11 Å². The molecule has 0 radical (unpaired) electrons. The minimum Gasteiger partial charge on any atom is -0.497 e. The third-order valence-electron chi connectivity index (χ3n) is 4.14. The summed E-state index contributed by atoms with van der Waals surface area (Å²) in [5, 5.41) is 5.93. The minimum atomic E-state index is -0.117. The topological polar surface area (TPSA) is 68.8 Å². The molecule has 3 rings (SSSR count). The number of hydrogen-bond acceptors (Lipinski definition) is 5. The molecule has 0 aliphatic carbocycles. The summed E-state index contributed by atoms with van der Waals surface area (Å²) in [6, 6.07) is 14.8. The molecule has 2 aromatic rings.